The summed E-state index contributed by atoms with van der Waals surface area (Å²) < 4.78 is 11.0. The molecule has 4 rings (SSSR count). The van der Waals surface area contributed by atoms with E-state index in [0.29, 0.717) is 18.0 Å². The van der Waals surface area contributed by atoms with Crippen LogP contribution in [0.5, 0.6) is 11.5 Å². The van der Waals surface area contributed by atoms with E-state index in [1.807, 2.05) is 0 Å². The normalized spacial score (nSPS) is 26.8. The van der Waals surface area contributed by atoms with Gasteiger partial charge >= 0.3 is 0 Å². The van der Waals surface area contributed by atoms with E-state index in [4.69, 9.17) is 9.47 Å². The van der Waals surface area contributed by atoms with Crippen molar-refractivity contribution in [2.75, 3.05) is 33.9 Å². The fourth-order valence-electron chi connectivity index (χ4n) is 4.82. The minimum Gasteiger partial charge on any atom is -0.493 e. The number of piperidine rings is 2. The van der Waals surface area contributed by atoms with Crippen LogP contribution in [0.1, 0.15) is 49.3 Å². The summed E-state index contributed by atoms with van der Waals surface area (Å²) in [4.78, 5) is 17.0. The highest BCUT2D eigenvalue weighted by Gasteiger charge is 2.37. The van der Waals surface area contributed by atoms with Gasteiger partial charge in [0.2, 0.25) is 5.91 Å². The van der Waals surface area contributed by atoms with Crippen molar-refractivity contribution in [1.82, 2.24) is 9.80 Å². The third kappa shape index (κ3) is 2.99. The first kappa shape index (κ1) is 16.7. The summed E-state index contributed by atoms with van der Waals surface area (Å²) in [6, 6.07) is 5.15. The Bertz CT molecular complexity index is 661. The lowest BCUT2D eigenvalue weighted by molar-refractivity contribution is -0.137. The van der Waals surface area contributed by atoms with Crippen molar-refractivity contribution in [2.24, 2.45) is 0 Å². The third-order valence-corrected chi connectivity index (χ3v) is 6.13. The smallest absolute Gasteiger partial charge is 0.222 e. The predicted molar refractivity (Wildman–Crippen MR) is 96.2 cm³/mol. The molecule has 5 nitrogen and oxygen atoms in total. The predicted octanol–water partition coefficient (Wildman–Crippen LogP) is 2.78. The minimum absolute atomic E-state index is 0.360. The van der Waals surface area contributed by atoms with Crippen LogP contribution in [-0.4, -0.2) is 55.6 Å². The molecule has 1 amide bonds. The number of methoxy groups -OCH3 is 2. The Morgan fingerprint density at radius 2 is 1.80 bits per heavy atom. The number of carbonyl (C=O) groups is 1. The number of fused-ring (bicyclic) bond motifs is 3. The van der Waals surface area contributed by atoms with Crippen LogP contribution in [0.3, 0.4) is 0 Å². The van der Waals surface area contributed by atoms with Gasteiger partial charge in [-0.15, -0.1) is 0 Å². The minimum atomic E-state index is 0.360. The lowest BCUT2D eigenvalue weighted by atomic mass is 9.84. The van der Waals surface area contributed by atoms with Crippen LogP contribution in [0, 0.1) is 0 Å². The van der Waals surface area contributed by atoms with Crippen LogP contribution < -0.4 is 9.47 Å². The van der Waals surface area contributed by atoms with E-state index >= 15 is 0 Å². The summed E-state index contributed by atoms with van der Waals surface area (Å²) in [5.74, 6) is 2.00. The lowest BCUT2D eigenvalue weighted by Crippen LogP contribution is -2.53. The van der Waals surface area contributed by atoms with E-state index in [-0.39, 0.29) is 0 Å². The molecule has 25 heavy (non-hydrogen) atoms. The number of hydrogen-bond acceptors (Lipinski definition) is 4. The Morgan fingerprint density at radius 3 is 2.56 bits per heavy atom. The van der Waals surface area contributed by atoms with Crippen molar-refractivity contribution in [3.63, 3.8) is 0 Å². The molecule has 1 aromatic rings. The van der Waals surface area contributed by atoms with Crippen LogP contribution in [0.4, 0.5) is 0 Å². The molecule has 0 N–H and O–H groups in total. The molecule has 0 aliphatic carbocycles. The highest BCUT2D eigenvalue weighted by Crippen LogP contribution is 2.42. The fraction of sp³-hybridized carbons (Fsp3) is 0.650. The van der Waals surface area contributed by atoms with Crippen molar-refractivity contribution in [3.05, 3.63) is 23.3 Å². The SMILES string of the molecule is COc1cc2c(cc1OC)C1CCC(N3CCCCC3=O)CN1CC2. The maximum absolute atomic E-state index is 12.3. The van der Waals surface area contributed by atoms with Crippen LogP contribution in [0.2, 0.25) is 0 Å². The number of hydrogen-bond donors (Lipinski definition) is 0. The van der Waals surface area contributed by atoms with Gasteiger partial charge in [0.15, 0.2) is 11.5 Å². The van der Waals surface area contributed by atoms with Gasteiger partial charge in [0, 0.05) is 38.1 Å². The molecule has 0 spiro atoms. The second-order valence-electron chi connectivity index (χ2n) is 7.44. The van der Waals surface area contributed by atoms with Gasteiger partial charge in [-0.05, 0) is 55.4 Å². The first-order chi connectivity index (χ1) is 12.2. The highest BCUT2D eigenvalue weighted by atomic mass is 16.5. The Kier molecular flexibility index (Phi) is 4.59. The van der Waals surface area contributed by atoms with E-state index in [2.05, 4.69) is 21.9 Å². The Hall–Kier alpha value is -1.75. The molecule has 3 aliphatic rings. The molecule has 3 aliphatic heterocycles. The highest BCUT2D eigenvalue weighted by molar-refractivity contribution is 5.77. The van der Waals surface area contributed by atoms with E-state index in [9.17, 15) is 4.79 Å². The number of amides is 1. The molecule has 1 aromatic carbocycles. The Balaban J connectivity index is 1.55. The number of ether oxygens (including phenoxy) is 2. The second kappa shape index (κ2) is 6.87. The van der Waals surface area contributed by atoms with Gasteiger partial charge in [-0.3, -0.25) is 9.69 Å². The first-order valence-corrected chi connectivity index (χ1v) is 9.49. The average molecular weight is 344 g/mol. The van der Waals surface area contributed by atoms with Crippen molar-refractivity contribution < 1.29 is 14.3 Å². The zero-order chi connectivity index (χ0) is 17.4. The molecule has 136 valence electrons. The summed E-state index contributed by atoms with van der Waals surface area (Å²) in [6.45, 7) is 3.01. The molecular formula is C20H28N2O3. The fourth-order valence-corrected chi connectivity index (χ4v) is 4.82. The molecule has 0 radical (unpaired) electrons. The number of benzene rings is 1. The van der Waals surface area contributed by atoms with Crippen LogP contribution in [0.15, 0.2) is 12.1 Å². The van der Waals surface area contributed by atoms with Gasteiger partial charge < -0.3 is 14.4 Å². The number of carbonyl (C=O) groups excluding carboxylic acids is 1. The Labute approximate surface area is 149 Å². The third-order valence-electron chi connectivity index (χ3n) is 6.13. The van der Waals surface area contributed by atoms with E-state index < -0.39 is 0 Å². The van der Waals surface area contributed by atoms with Crippen molar-refractivity contribution in [2.45, 2.75) is 50.6 Å². The molecule has 2 atom stereocenters. The topological polar surface area (TPSA) is 42.0 Å². The van der Waals surface area contributed by atoms with E-state index in [1.54, 1.807) is 14.2 Å². The van der Waals surface area contributed by atoms with Gasteiger partial charge in [0.1, 0.15) is 0 Å². The quantitative estimate of drug-likeness (QED) is 0.846. The van der Waals surface area contributed by atoms with Crippen LogP contribution in [0.25, 0.3) is 0 Å². The van der Waals surface area contributed by atoms with Gasteiger partial charge in [0.25, 0.3) is 0 Å². The van der Waals surface area contributed by atoms with Crippen molar-refractivity contribution >= 4 is 5.91 Å². The molecular weight excluding hydrogens is 316 g/mol. The zero-order valence-electron chi connectivity index (χ0n) is 15.3. The molecule has 3 heterocycles. The van der Waals surface area contributed by atoms with Gasteiger partial charge in [-0.1, -0.05) is 0 Å². The average Bonchev–Trinajstić information content (AvgIpc) is 2.66. The number of nitrogens with zero attached hydrogens (tertiary/aromatic N) is 2. The van der Waals surface area contributed by atoms with Gasteiger partial charge in [-0.25, -0.2) is 0 Å². The molecule has 2 fully saturated rings. The van der Waals surface area contributed by atoms with Crippen molar-refractivity contribution in [3.8, 4) is 11.5 Å². The standard InChI is InChI=1S/C20H28N2O3/c1-24-18-11-14-8-10-21-13-15(22-9-4-3-5-20(22)23)6-7-17(21)16(14)12-19(18)25-2/h11-12,15,17H,3-10,13H2,1-2H3. The summed E-state index contributed by atoms with van der Waals surface area (Å²) in [5, 5.41) is 0. The Morgan fingerprint density at radius 1 is 1.00 bits per heavy atom. The summed E-state index contributed by atoms with van der Waals surface area (Å²) in [7, 11) is 3.39. The molecule has 2 saturated heterocycles. The maximum Gasteiger partial charge on any atom is 0.222 e. The second-order valence-corrected chi connectivity index (χ2v) is 7.44. The molecule has 2 unspecified atom stereocenters. The monoisotopic (exact) mass is 344 g/mol. The number of likely N-dealkylation sites (tertiary alicyclic amines) is 1. The number of rotatable bonds is 3. The lowest BCUT2D eigenvalue weighted by Gasteiger charge is -2.47. The first-order valence-electron chi connectivity index (χ1n) is 9.49. The summed E-state index contributed by atoms with van der Waals surface area (Å²) in [6.07, 6.45) is 6.19. The van der Waals surface area contributed by atoms with Crippen molar-refractivity contribution in [1.29, 1.82) is 0 Å². The zero-order valence-corrected chi connectivity index (χ0v) is 15.3. The molecule has 5 heteroatoms. The van der Waals surface area contributed by atoms with E-state index in [1.165, 1.54) is 11.1 Å². The molecule has 0 bridgehead atoms. The van der Waals surface area contributed by atoms with E-state index in [0.717, 1.165) is 69.7 Å². The van der Waals surface area contributed by atoms with Crippen LogP contribution in [-0.2, 0) is 11.2 Å². The van der Waals surface area contributed by atoms with Gasteiger partial charge in [0.05, 0.1) is 14.2 Å². The largest absolute Gasteiger partial charge is 0.493 e. The maximum atomic E-state index is 12.3. The van der Waals surface area contributed by atoms with Crippen LogP contribution >= 0.6 is 0 Å². The van der Waals surface area contributed by atoms with Gasteiger partial charge in [-0.2, -0.15) is 0 Å². The molecule has 0 aromatic heterocycles. The summed E-state index contributed by atoms with van der Waals surface area (Å²) >= 11 is 0. The summed E-state index contributed by atoms with van der Waals surface area (Å²) in [5.41, 5.74) is 2.76. The molecule has 0 saturated carbocycles.